The van der Waals surface area contributed by atoms with Gasteiger partial charge in [-0.1, -0.05) is 37.3 Å². The van der Waals surface area contributed by atoms with Gasteiger partial charge >= 0.3 is 0 Å². The SMILES string of the molecule is CC[C@H]1CN(C(=O)c2ccnn2C)CCC(=O)N1Cc1ccccc1. The monoisotopic (exact) mass is 340 g/mol. The molecule has 1 aliphatic heterocycles. The highest BCUT2D eigenvalue weighted by Crippen LogP contribution is 2.19. The summed E-state index contributed by atoms with van der Waals surface area (Å²) in [5.41, 5.74) is 1.67. The third kappa shape index (κ3) is 3.73. The summed E-state index contributed by atoms with van der Waals surface area (Å²) in [6.07, 6.45) is 2.79. The number of carbonyl (C=O) groups is 2. The van der Waals surface area contributed by atoms with Crippen LogP contribution in [0.25, 0.3) is 0 Å². The standard InChI is InChI=1S/C19H24N4O2/c1-3-16-14-22(19(25)17-9-11-20-21(17)2)12-10-18(24)23(16)13-15-7-5-4-6-8-15/h4-9,11,16H,3,10,12-14H2,1-2H3/t16-/m0/s1. The van der Waals surface area contributed by atoms with E-state index >= 15 is 0 Å². The maximum Gasteiger partial charge on any atom is 0.272 e. The van der Waals surface area contributed by atoms with Crippen molar-refractivity contribution in [2.24, 2.45) is 7.05 Å². The van der Waals surface area contributed by atoms with Gasteiger partial charge in [-0.25, -0.2) is 0 Å². The highest BCUT2D eigenvalue weighted by Gasteiger charge is 2.31. The molecule has 6 heteroatoms. The van der Waals surface area contributed by atoms with E-state index in [4.69, 9.17) is 0 Å². The van der Waals surface area contributed by atoms with Gasteiger partial charge in [0, 0.05) is 45.3 Å². The Hall–Kier alpha value is -2.63. The zero-order chi connectivity index (χ0) is 17.8. The molecule has 0 saturated carbocycles. The molecule has 3 rings (SSSR count). The van der Waals surface area contributed by atoms with Crippen molar-refractivity contribution in [1.29, 1.82) is 0 Å². The van der Waals surface area contributed by atoms with Crippen LogP contribution in [0.5, 0.6) is 0 Å². The van der Waals surface area contributed by atoms with Crippen molar-refractivity contribution in [2.75, 3.05) is 13.1 Å². The predicted octanol–water partition coefficient (Wildman–Crippen LogP) is 2.07. The third-order valence-electron chi connectivity index (χ3n) is 4.78. The van der Waals surface area contributed by atoms with Crippen molar-refractivity contribution >= 4 is 11.8 Å². The highest BCUT2D eigenvalue weighted by molar-refractivity contribution is 5.93. The summed E-state index contributed by atoms with van der Waals surface area (Å²) in [6.45, 7) is 3.66. The first-order valence-corrected chi connectivity index (χ1v) is 8.70. The summed E-state index contributed by atoms with van der Waals surface area (Å²) in [6, 6.07) is 11.7. The zero-order valence-electron chi connectivity index (χ0n) is 14.8. The Morgan fingerprint density at radius 3 is 2.64 bits per heavy atom. The van der Waals surface area contributed by atoms with Gasteiger partial charge in [0.15, 0.2) is 0 Å². The first-order chi connectivity index (χ1) is 12.1. The van der Waals surface area contributed by atoms with Crippen molar-refractivity contribution in [3.8, 4) is 0 Å². The lowest BCUT2D eigenvalue weighted by molar-refractivity contribution is -0.133. The van der Waals surface area contributed by atoms with Crippen LogP contribution < -0.4 is 0 Å². The Bertz CT molecular complexity index is 741. The molecule has 0 unspecified atom stereocenters. The van der Waals surface area contributed by atoms with E-state index in [1.54, 1.807) is 28.9 Å². The van der Waals surface area contributed by atoms with Crippen LogP contribution in [0.4, 0.5) is 0 Å². The van der Waals surface area contributed by atoms with Crippen LogP contribution in [0, 0.1) is 0 Å². The molecule has 25 heavy (non-hydrogen) atoms. The number of aromatic nitrogens is 2. The average Bonchev–Trinajstić information content (AvgIpc) is 2.99. The summed E-state index contributed by atoms with van der Waals surface area (Å²) >= 11 is 0. The van der Waals surface area contributed by atoms with E-state index in [1.807, 2.05) is 35.2 Å². The predicted molar refractivity (Wildman–Crippen MR) is 94.8 cm³/mol. The number of hydrogen-bond donors (Lipinski definition) is 0. The summed E-state index contributed by atoms with van der Waals surface area (Å²) < 4.78 is 1.58. The molecule has 1 aromatic carbocycles. The molecule has 1 aromatic heterocycles. The Morgan fingerprint density at radius 2 is 2.00 bits per heavy atom. The largest absolute Gasteiger partial charge is 0.335 e. The molecule has 0 bridgehead atoms. The molecule has 1 aliphatic rings. The number of rotatable bonds is 4. The van der Waals surface area contributed by atoms with Crippen LogP contribution >= 0.6 is 0 Å². The van der Waals surface area contributed by atoms with Gasteiger partial charge in [-0.3, -0.25) is 14.3 Å². The minimum atomic E-state index is -0.0622. The van der Waals surface area contributed by atoms with E-state index in [2.05, 4.69) is 12.0 Å². The highest BCUT2D eigenvalue weighted by atomic mass is 16.2. The Labute approximate surface area is 148 Å². The van der Waals surface area contributed by atoms with Gasteiger partial charge in [-0.15, -0.1) is 0 Å². The topological polar surface area (TPSA) is 58.4 Å². The average molecular weight is 340 g/mol. The molecule has 0 aliphatic carbocycles. The molecule has 0 radical (unpaired) electrons. The van der Waals surface area contributed by atoms with Gasteiger partial charge in [0.05, 0.1) is 0 Å². The van der Waals surface area contributed by atoms with Gasteiger partial charge < -0.3 is 9.80 Å². The lowest BCUT2D eigenvalue weighted by atomic mass is 10.1. The van der Waals surface area contributed by atoms with E-state index in [0.29, 0.717) is 31.7 Å². The first-order valence-electron chi connectivity index (χ1n) is 8.70. The first kappa shape index (κ1) is 17.2. The maximum atomic E-state index is 12.8. The maximum absolute atomic E-state index is 12.8. The second-order valence-electron chi connectivity index (χ2n) is 6.41. The number of aryl methyl sites for hydroxylation is 1. The van der Waals surface area contributed by atoms with Gasteiger partial charge in [-0.2, -0.15) is 5.10 Å². The van der Waals surface area contributed by atoms with Crippen molar-refractivity contribution in [3.63, 3.8) is 0 Å². The van der Waals surface area contributed by atoms with Crippen LogP contribution in [0.15, 0.2) is 42.6 Å². The van der Waals surface area contributed by atoms with Crippen molar-refractivity contribution in [3.05, 3.63) is 53.9 Å². The Balaban J connectivity index is 1.79. The molecule has 2 amide bonds. The van der Waals surface area contributed by atoms with Gasteiger partial charge in [0.2, 0.25) is 5.91 Å². The minimum Gasteiger partial charge on any atom is -0.335 e. The summed E-state index contributed by atoms with van der Waals surface area (Å²) in [5, 5.41) is 4.07. The fraction of sp³-hybridized carbons (Fsp3) is 0.421. The molecule has 2 aromatic rings. The minimum absolute atomic E-state index is 0.0207. The fourth-order valence-corrected chi connectivity index (χ4v) is 3.30. The molecule has 2 heterocycles. The van der Waals surface area contributed by atoms with E-state index in [9.17, 15) is 9.59 Å². The molecular weight excluding hydrogens is 316 g/mol. The normalized spacial score (nSPS) is 18.3. The smallest absolute Gasteiger partial charge is 0.272 e. The molecule has 0 spiro atoms. The number of nitrogens with zero attached hydrogens (tertiary/aromatic N) is 4. The van der Waals surface area contributed by atoms with Crippen LogP contribution in [-0.4, -0.2) is 50.5 Å². The van der Waals surface area contributed by atoms with E-state index in [0.717, 1.165) is 12.0 Å². The molecule has 6 nitrogen and oxygen atoms in total. The van der Waals surface area contributed by atoms with Crippen LogP contribution in [0.2, 0.25) is 0 Å². The molecule has 1 atom stereocenters. The van der Waals surface area contributed by atoms with E-state index in [1.165, 1.54) is 0 Å². The quantitative estimate of drug-likeness (QED) is 0.856. The van der Waals surface area contributed by atoms with Crippen LogP contribution in [0.1, 0.15) is 35.8 Å². The molecular formula is C19H24N4O2. The zero-order valence-corrected chi connectivity index (χ0v) is 14.8. The molecule has 0 N–H and O–H groups in total. The number of benzene rings is 1. The van der Waals surface area contributed by atoms with Crippen molar-refractivity contribution in [1.82, 2.24) is 19.6 Å². The summed E-state index contributed by atoms with van der Waals surface area (Å²) in [7, 11) is 1.76. The molecule has 1 saturated heterocycles. The number of carbonyl (C=O) groups excluding carboxylic acids is 2. The third-order valence-corrected chi connectivity index (χ3v) is 4.78. The van der Waals surface area contributed by atoms with Crippen LogP contribution in [-0.2, 0) is 18.4 Å². The van der Waals surface area contributed by atoms with Gasteiger partial charge in [0.25, 0.3) is 5.91 Å². The van der Waals surface area contributed by atoms with E-state index < -0.39 is 0 Å². The Kier molecular flexibility index (Phi) is 5.16. The molecule has 132 valence electrons. The second-order valence-corrected chi connectivity index (χ2v) is 6.41. The number of hydrogen-bond acceptors (Lipinski definition) is 3. The van der Waals surface area contributed by atoms with Gasteiger partial charge in [0.1, 0.15) is 5.69 Å². The molecule has 1 fully saturated rings. The van der Waals surface area contributed by atoms with E-state index in [-0.39, 0.29) is 17.9 Å². The van der Waals surface area contributed by atoms with Crippen LogP contribution in [0.3, 0.4) is 0 Å². The summed E-state index contributed by atoms with van der Waals surface area (Å²) in [5.74, 6) is 0.0452. The Morgan fingerprint density at radius 1 is 1.24 bits per heavy atom. The fourth-order valence-electron chi connectivity index (χ4n) is 3.30. The lowest BCUT2D eigenvalue weighted by Gasteiger charge is -2.31. The second kappa shape index (κ2) is 7.51. The lowest BCUT2D eigenvalue weighted by Crippen LogP contribution is -2.44. The van der Waals surface area contributed by atoms with Gasteiger partial charge in [-0.05, 0) is 18.1 Å². The van der Waals surface area contributed by atoms with Crippen molar-refractivity contribution < 1.29 is 9.59 Å². The summed E-state index contributed by atoms with van der Waals surface area (Å²) in [4.78, 5) is 29.2. The number of amides is 2. The van der Waals surface area contributed by atoms with Crippen molar-refractivity contribution in [2.45, 2.75) is 32.4 Å².